The number of thiazole rings is 1. The van der Waals surface area contributed by atoms with Crippen LogP contribution in [-0.2, 0) is 0 Å². The minimum Gasteiger partial charge on any atom is -0.495 e. The lowest BCUT2D eigenvalue weighted by atomic mass is 10.2. The lowest BCUT2D eigenvalue weighted by molar-refractivity contribution is 0.0998. The number of methoxy groups -OCH3 is 1. The first-order chi connectivity index (χ1) is 11.6. The van der Waals surface area contributed by atoms with E-state index in [0.717, 1.165) is 10.1 Å². The summed E-state index contributed by atoms with van der Waals surface area (Å²) in [5, 5.41) is 4.58. The Morgan fingerprint density at radius 2 is 2.12 bits per heavy atom. The van der Waals surface area contributed by atoms with E-state index in [2.05, 4.69) is 10.3 Å². The molecule has 4 rings (SSSR count). The molecular weight excluding hydrogens is 348 g/mol. The van der Waals surface area contributed by atoms with Crippen molar-refractivity contribution in [1.29, 1.82) is 0 Å². The maximum absolute atomic E-state index is 12.4. The van der Waals surface area contributed by atoms with Gasteiger partial charge in [-0.05, 0) is 18.2 Å². The van der Waals surface area contributed by atoms with Gasteiger partial charge < -0.3 is 9.15 Å². The Hall–Kier alpha value is -2.57. The SMILES string of the molecule is COc1cc2sc(NC(=O)c3cc4ccccc4o3)nc2cc1Cl. The Morgan fingerprint density at radius 3 is 2.92 bits per heavy atom. The van der Waals surface area contributed by atoms with Crippen LogP contribution in [0.5, 0.6) is 5.75 Å². The van der Waals surface area contributed by atoms with E-state index in [1.165, 1.54) is 11.3 Å². The van der Waals surface area contributed by atoms with Gasteiger partial charge in [0.25, 0.3) is 5.91 Å². The Balaban J connectivity index is 1.64. The molecule has 1 amide bonds. The summed E-state index contributed by atoms with van der Waals surface area (Å²) < 4.78 is 11.6. The Labute approximate surface area is 145 Å². The number of para-hydroxylation sites is 1. The van der Waals surface area contributed by atoms with Gasteiger partial charge in [0.1, 0.15) is 11.3 Å². The first kappa shape index (κ1) is 15.0. The molecule has 2 aromatic heterocycles. The molecule has 0 saturated heterocycles. The number of hydrogen-bond acceptors (Lipinski definition) is 5. The smallest absolute Gasteiger partial charge is 0.293 e. The largest absolute Gasteiger partial charge is 0.495 e. The van der Waals surface area contributed by atoms with E-state index in [9.17, 15) is 4.79 Å². The number of fused-ring (bicyclic) bond motifs is 2. The van der Waals surface area contributed by atoms with Crippen molar-refractivity contribution >= 4 is 55.2 Å². The molecule has 0 bridgehead atoms. The fourth-order valence-corrected chi connectivity index (χ4v) is 3.50. The zero-order valence-electron chi connectivity index (χ0n) is 12.5. The fourth-order valence-electron chi connectivity index (χ4n) is 2.39. The van der Waals surface area contributed by atoms with Crippen molar-refractivity contribution in [1.82, 2.24) is 4.98 Å². The highest BCUT2D eigenvalue weighted by molar-refractivity contribution is 7.22. The van der Waals surface area contributed by atoms with Crippen LogP contribution in [0.1, 0.15) is 10.6 Å². The number of hydrogen-bond donors (Lipinski definition) is 1. The number of ether oxygens (including phenoxy) is 1. The molecule has 0 atom stereocenters. The number of aromatic nitrogens is 1. The van der Waals surface area contributed by atoms with Crippen LogP contribution in [-0.4, -0.2) is 18.0 Å². The number of benzene rings is 2. The van der Waals surface area contributed by atoms with Crippen LogP contribution in [0.2, 0.25) is 5.02 Å². The van der Waals surface area contributed by atoms with E-state index in [-0.39, 0.29) is 11.7 Å². The minimum absolute atomic E-state index is 0.242. The summed E-state index contributed by atoms with van der Waals surface area (Å²) in [4.78, 5) is 16.7. The summed E-state index contributed by atoms with van der Waals surface area (Å²) in [6.45, 7) is 0. The second-order valence-electron chi connectivity index (χ2n) is 5.08. The predicted molar refractivity (Wildman–Crippen MR) is 95.3 cm³/mol. The van der Waals surface area contributed by atoms with E-state index in [0.29, 0.717) is 27.0 Å². The molecule has 0 aliphatic carbocycles. The van der Waals surface area contributed by atoms with E-state index in [1.54, 1.807) is 25.3 Å². The van der Waals surface area contributed by atoms with E-state index >= 15 is 0 Å². The summed E-state index contributed by atoms with van der Waals surface area (Å²) in [5.74, 6) is 0.470. The van der Waals surface area contributed by atoms with Crippen molar-refractivity contribution in [2.75, 3.05) is 12.4 Å². The van der Waals surface area contributed by atoms with Crippen molar-refractivity contribution in [3.8, 4) is 5.75 Å². The molecule has 0 saturated carbocycles. The van der Waals surface area contributed by atoms with Gasteiger partial charge in [-0.3, -0.25) is 10.1 Å². The molecule has 2 aromatic carbocycles. The zero-order valence-corrected chi connectivity index (χ0v) is 14.1. The van der Waals surface area contributed by atoms with E-state index in [1.807, 2.05) is 24.3 Å². The average molecular weight is 359 g/mol. The van der Waals surface area contributed by atoms with Gasteiger partial charge in [0, 0.05) is 11.5 Å². The van der Waals surface area contributed by atoms with Crippen molar-refractivity contribution < 1.29 is 13.9 Å². The first-order valence-electron chi connectivity index (χ1n) is 7.08. The number of halogens is 1. The monoisotopic (exact) mass is 358 g/mol. The molecule has 0 aliphatic heterocycles. The number of nitrogens with one attached hydrogen (secondary N) is 1. The van der Waals surface area contributed by atoms with E-state index in [4.69, 9.17) is 20.8 Å². The van der Waals surface area contributed by atoms with Crippen LogP contribution in [0.15, 0.2) is 46.9 Å². The third-order valence-electron chi connectivity index (χ3n) is 3.53. The third-order valence-corrected chi connectivity index (χ3v) is 4.76. The van der Waals surface area contributed by atoms with Crippen LogP contribution >= 0.6 is 22.9 Å². The predicted octanol–water partition coefficient (Wildman–Crippen LogP) is 4.96. The normalized spacial score (nSPS) is 11.1. The Kier molecular flexibility index (Phi) is 3.63. The molecule has 0 aliphatic rings. The summed E-state index contributed by atoms with van der Waals surface area (Å²) >= 11 is 7.44. The number of anilines is 1. The van der Waals surface area contributed by atoms with Crippen LogP contribution in [0.25, 0.3) is 21.2 Å². The van der Waals surface area contributed by atoms with Crippen molar-refractivity contribution in [2.45, 2.75) is 0 Å². The van der Waals surface area contributed by atoms with Crippen molar-refractivity contribution in [3.05, 3.63) is 53.2 Å². The van der Waals surface area contributed by atoms with Gasteiger partial charge >= 0.3 is 0 Å². The molecule has 0 spiro atoms. The molecule has 0 unspecified atom stereocenters. The Morgan fingerprint density at radius 1 is 1.29 bits per heavy atom. The molecule has 0 radical (unpaired) electrons. The number of carbonyl (C=O) groups is 1. The van der Waals surface area contributed by atoms with Crippen LogP contribution in [0, 0.1) is 0 Å². The maximum Gasteiger partial charge on any atom is 0.293 e. The molecule has 2 heterocycles. The molecule has 5 nitrogen and oxygen atoms in total. The number of furan rings is 1. The number of amides is 1. The summed E-state index contributed by atoms with van der Waals surface area (Å²) in [6, 6.07) is 12.7. The highest BCUT2D eigenvalue weighted by Gasteiger charge is 2.15. The lowest BCUT2D eigenvalue weighted by Gasteiger charge is -2.00. The van der Waals surface area contributed by atoms with Gasteiger partial charge in [0.15, 0.2) is 10.9 Å². The molecule has 0 fully saturated rings. The van der Waals surface area contributed by atoms with Gasteiger partial charge in [-0.25, -0.2) is 4.98 Å². The highest BCUT2D eigenvalue weighted by atomic mass is 35.5. The summed E-state index contributed by atoms with van der Waals surface area (Å²) in [5.41, 5.74) is 1.37. The lowest BCUT2D eigenvalue weighted by Crippen LogP contribution is -2.10. The number of rotatable bonds is 3. The molecule has 4 aromatic rings. The highest BCUT2D eigenvalue weighted by Crippen LogP contribution is 2.34. The van der Waals surface area contributed by atoms with Crippen molar-refractivity contribution in [2.24, 2.45) is 0 Å². The quantitative estimate of drug-likeness (QED) is 0.562. The molecule has 24 heavy (non-hydrogen) atoms. The van der Waals surface area contributed by atoms with Gasteiger partial charge in [-0.15, -0.1) is 0 Å². The zero-order chi connectivity index (χ0) is 16.7. The number of nitrogens with zero attached hydrogens (tertiary/aromatic N) is 1. The van der Waals surface area contributed by atoms with Crippen LogP contribution < -0.4 is 10.1 Å². The topological polar surface area (TPSA) is 64.4 Å². The van der Waals surface area contributed by atoms with Gasteiger partial charge in [-0.2, -0.15) is 0 Å². The fraction of sp³-hybridized carbons (Fsp3) is 0.0588. The Bertz CT molecular complexity index is 1040. The maximum atomic E-state index is 12.4. The van der Waals surface area contributed by atoms with Crippen molar-refractivity contribution in [3.63, 3.8) is 0 Å². The van der Waals surface area contributed by atoms with Crippen LogP contribution in [0.4, 0.5) is 5.13 Å². The molecule has 120 valence electrons. The average Bonchev–Trinajstić information content (AvgIpc) is 3.16. The van der Waals surface area contributed by atoms with Gasteiger partial charge in [-0.1, -0.05) is 41.1 Å². The van der Waals surface area contributed by atoms with Gasteiger partial charge in [0.2, 0.25) is 0 Å². The van der Waals surface area contributed by atoms with Crippen LogP contribution in [0.3, 0.4) is 0 Å². The summed E-state index contributed by atoms with van der Waals surface area (Å²) in [7, 11) is 1.55. The summed E-state index contributed by atoms with van der Waals surface area (Å²) in [6.07, 6.45) is 0. The molecular formula is C17H11ClN2O3S. The second-order valence-corrected chi connectivity index (χ2v) is 6.51. The second kappa shape index (κ2) is 5.81. The molecule has 1 N–H and O–H groups in total. The standard InChI is InChI=1S/C17H11ClN2O3S/c1-22-13-8-15-11(7-10(13)18)19-17(24-15)20-16(21)14-6-9-4-2-3-5-12(9)23-14/h2-8H,1H3,(H,19,20,21). The minimum atomic E-state index is -0.344. The molecule has 7 heteroatoms. The van der Waals surface area contributed by atoms with E-state index < -0.39 is 0 Å². The first-order valence-corrected chi connectivity index (χ1v) is 8.27. The van der Waals surface area contributed by atoms with Gasteiger partial charge in [0.05, 0.1) is 22.3 Å². The third kappa shape index (κ3) is 2.60. The number of carbonyl (C=O) groups excluding carboxylic acids is 1.